The molecule has 0 spiro atoms. The Bertz CT molecular complexity index is 1070. The van der Waals surface area contributed by atoms with Crippen molar-refractivity contribution < 1.29 is 17.3 Å². The summed E-state index contributed by atoms with van der Waals surface area (Å²) in [6.07, 6.45) is 3.63. The van der Waals surface area contributed by atoms with E-state index in [0.717, 1.165) is 54.4 Å². The van der Waals surface area contributed by atoms with Crippen LogP contribution in [0.15, 0.2) is 47.3 Å². The Balaban J connectivity index is 0.00000240. The molecule has 1 N–H and O–H groups in total. The Morgan fingerprint density at radius 1 is 1.10 bits per heavy atom. The van der Waals surface area contributed by atoms with Gasteiger partial charge >= 0.3 is 0 Å². The lowest BCUT2D eigenvalue weighted by atomic mass is 10.0. The van der Waals surface area contributed by atoms with E-state index < -0.39 is 0 Å². The van der Waals surface area contributed by atoms with Crippen molar-refractivity contribution in [2.45, 2.75) is 31.7 Å². The number of halogens is 3. The molecule has 7 heteroatoms. The van der Waals surface area contributed by atoms with Crippen LogP contribution in [0, 0.1) is 0 Å². The molecule has 3 aromatic rings. The summed E-state index contributed by atoms with van der Waals surface area (Å²) in [5, 5.41) is 7.71. The Morgan fingerprint density at radius 3 is 2.62 bits per heavy atom. The van der Waals surface area contributed by atoms with Gasteiger partial charge in [0.15, 0.2) is 0 Å². The summed E-state index contributed by atoms with van der Waals surface area (Å²) in [5.74, 6) is 0. The van der Waals surface area contributed by atoms with Gasteiger partial charge in [0.05, 0.1) is 37.3 Å². The quantitative estimate of drug-likeness (QED) is 0.630. The topological polar surface area (TPSA) is 39.3 Å². The molecule has 0 saturated carbocycles. The maximum atomic E-state index is 13.2. The molecule has 0 radical (unpaired) electrons. The van der Waals surface area contributed by atoms with Crippen LogP contribution in [-0.4, -0.2) is 29.9 Å². The summed E-state index contributed by atoms with van der Waals surface area (Å²) >= 11 is 12.4. The van der Waals surface area contributed by atoms with Crippen molar-refractivity contribution in [1.82, 2.24) is 9.78 Å². The maximum Gasteiger partial charge on any atom is 0.274 e. The van der Waals surface area contributed by atoms with Crippen molar-refractivity contribution in [3.8, 4) is 0 Å². The minimum atomic E-state index is 0. The van der Waals surface area contributed by atoms with Gasteiger partial charge in [-0.25, -0.2) is 4.68 Å². The number of nitrogens with zero attached hydrogens (tertiary/aromatic N) is 2. The number of nitrogens with one attached hydrogen (secondary N) is 1. The fourth-order valence-corrected chi connectivity index (χ4v) is 4.54. The minimum Gasteiger partial charge on any atom is -1.00 e. The summed E-state index contributed by atoms with van der Waals surface area (Å²) in [6.45, 7) is 2.20. The van der Waals surface area contributed by atoms with Gasteiger partial charge in [-0.2, -0.15) is 5.10 Å². The zero-order valence-corrected chi connectivity index (χ0v) is 18.6. The molecule has 0 amide bonds. The highest BCUT2D eigenvalue weighted by Gasteiger charge is 2.22. The predicted octanol–water partition coefficient (Wildman–Crippen LogP) is 0.538. The first-order chi connectivity index (χ1) is 13.5. The van der Waals surface area contributed by atoms with Crippen molar-refractivity contribution in [3.63, 3.8) is 0 Å². The number of hydrogen-bond donors (Lipinski definition) is 1. The molecule has 2 atom stereocenters. The first-order valence-corrected chi connectivity index (χ1v) is 10.5. The Morgan fingerprint density at radius 2 is 1.86 bits per heavy atom. The third-order valence-electron chi connectivity index (χ3n) is 5.67. The van der Waals surface area contributed by atoms with Gasteiger partial charge in [0.1, 0.15) is 0 Å². The second kappa shape index (κ2) is 9.48. The van der Waals surface area contributed by atoms with Crippen molar-refractivity contribution in [3.05, 3.63) is 74.1 Å². The average molecular weight is 453 g/mol. The molecule has 1 saturated heterocycles. The van der Waals surface area contributed by atoms with E-state index in [-0.39, 0.29) is 24.0 Å². The van der Waals surface area contributed by atoms with Crippen LogP contribution in [0.1, 0.15) is 36.6 Å². The first kappa shape index (κ1) is 22.1. The minimum absolute atomic E-state index is 0. The molecule has 0 aliphatic carbocycles. The number of benzene rings is 2. The van der Waals surface area contributed by atoms with Crippen LogP contribution in [-0.2, 0) is 6.42 Å². The van der Waals surface area contributed by atoms with Crippen LogP contribution in [0.4, 0.5) is 0 Å². The second-order valence-electron chi connectivity index (χ2n) is 7.70. The molecule has 2 heterocycles. The van der Waals surface area contributed by atoms with Gasteiger partial charge in [-0.1, -0.05) is 47.5 Å². The highest BCUT2D eigenvalue weighted by molar-refractivity contribution is 6.35. The fourth-order valence-electron chi connectivity index (χ4n) is 4.06. The number of aromatic nitrogens is 2. The van der Waals surface area contributed by atoms with Crippen LogP contribution >= 0.6 is 23.2 Å². The lowest BCUT2D eigenvalue weighted by molar-refractivity contribution is -0.878. The first-order valence-electron chi connectivity index (χ1n) is 9.78. The molecule has 1 fully saturated rings. The number of hydrogen-bond acceptors (Lipinski definition) is 2. The standard InChI is InChI=1S/C22H23Cl2N3O.ClH/c1-26-11-4-5-17(10-12-26)27-22(28)19-7-3-2-6-18(19)21(25-27)13-15-8-9-16(23)14-20(15)24;/h2-3,6-9,14,17H,4-5,10-13H2,1H3;1H. The van der Waals surface area contributed by atoms with Crippen LogP contribution in [0.2, 0.25) is 10.0 Å². The van der Waals surface area contributed by atoms with Gasteiger partial charge in [0.25, 0.3) is 5.56 Å². The number of rotatable bonds is 3. The molecule has 1 aromatic heterocycles. The van der Waals surface area contributed by atoms with Crippen LogP contribution in [0.3, 0.4) is 0 Å². The molecule has 0 bridgehead atoms. The molecule has 29 heavy (non-hydrogen) atoms. The number of quaternary nitrogens is 1. The van der Waals surface area contributed by atoms with E-state index in [2.05, 4.69) is 7.05 Å². The molecule has 154 valence electrons. The summed E-state index contributed by atoms with van der Waals surface area (Å²) in [6, 6.07) is 13.4. The van der Waals surface area contributed by atoms with E-state index in [9.17, 15) is 4.79 Å². The number of likely N-dealkylation sites (tertiary alicyclic amines) is 1. The highest BCUT2D eigenvalue weighted by Crippen LogP contribution is 2.26. The predicted molar refractivity (Wildman–Crippen MR) is 115 cm³/mol. The van der Waals surface area contributed by atoms with Crippen LogP contribution in [0.25, 0.3) is 10.8 Å². The van der Waals surface area contributed by atoms with E-state index in [0.29, 0.717) is 16.5 Å². The van der Waals surface area contributed by atoms with E-state index >= 15 is 0 Å². The summed E-state index contributed by atoms with van der Waals surface area (Å²) < 4.78 is 1.74. The van der Waals surface area contributed by atoms with E-state index in [1.807, 2.05) is 36.4 Å². The second-order valence-corrected chi connectivity index (χ2v) is 8.54. The lowest BCUT2D eigenvalue weighted by Gasteiger charge is -2.18. The highest BCUT2D eigenvalue weighted by atomic mass is 35.5. The van der Waals surface area contributed by atoms with Crippen molar-refractivity contribution in [2.24, 2.45) is 0 Å². The SMILES string of the molecule is C[NH+]1CCCC(n2nc(Cc3ccc(Cl)cc3Cl)c3ccccc3c2=O)CC1.[Cl-]. The van der Waals surface area contributed by atoms with E-state index in [1.165, 1.54) is 4.90 Å². The Labute approximate surface area is 186 Å². The van der Waals surface area contributed by atoms with Crippen molar-refractivity contribution in [1.29, 1.82) is 0 Å². The molecule has 2 aromatic carbocycles. The molecular weight excluding hydrogens is 429 g/mol. The molecule has 4 rings (SSSR count). The van der Waals surface area contributed by atoms with Gasteiger partial charge in [-0.05, 0) is 36.6 Å². The Kier molecular flexibility index (Phi) is 7.23. The van der Waals surface area contributed by atoms with Gasteiger partial charge in [0, 0.05) is 28.3 Å². The van der Waals surface area contributed by atoms with Gasteiger partial charge in [0.2, 0.25) is 0 Å². The van der Waals surface area contributed by atoms with Gasteiger partial charge < -0.3 is 17.3 Å². The lowest BCUT2D eigenvalue weighted by Crippen LogP contribution is -3.08. The van der Waals surface area contributed by atoms with Crippen LogP contribution < -0.4 is 22.9 Å². The van der Waals surface area contributed by atoms with E-state index in [1.54, 1.807) is 10.7 Å². The molecule has 2 unspecified atom stereocenters. The largest absolute Gasteiger partial charge is 1.00 e. The smallest absolute Gasteiger partial charge is 0.274 e. The maximum absolute atomic E-state index is 13.2. The van der Waals surface area contributed by atoms with Gasteiger partial charge in [-0.15, -0.1) is 0 Å². The number of fused-ring (bicyclic) bond motifs is 1. The van der Waals surface area contributed by atoms with Crippen molar-refractivity contribution >= 4 is 34.0 Å². The van der Waals surface area contributed by atoms with Crippen LogP contribution in [0.5, 0.6) is 0 Å². The zero-order valence-electron chi connectivity index (χ0n) is 16.3. The average Bonchev–Trinajstić information content (AvgIpc) is 2.90. The molecular formula is C22H24Cl3N3O. The molecule has 1 aliphatic rings. The third kappa shape index (κ3) is 4.77. The third-order valence-corrected chi connectivity index (χ3v) is 6.26. The normalized spacial score (nSPS) is 19.6. The Hall–Kier alpha value is -1.59. The summed E-state index contributed by atoms with van der Waals surface area (Å²) in [5.41, 5.74) is 1.84. The molecule has 4 nitrogen and oxygen atoms in total. The zero-order chi connectivity index (χ0) is 19.7. The van der Waals surface area contributed by atoms with E-state index in [4.69, 9.17) is 28.3 Å². The van der Waals surface area contributed by atoms with Gasteiger partial charge in [-0.3, -0.25) is 4.79 Å². The monoisotopic (exact) mass is 451 g/mol. The molecule has 1 aliphatic heterocycles. The summed E-state index contributed by atoms with van der Waals surface area (Å²) in [4.78, 5) is 14.7. The summed E-state index contributed by atoms with van der Waals surface area (Å²) in [7, 11) is 2.22. The fraction of sp³-hybridized carbons (Fsp3) is 0.364. The van der Waals surface area contributed by atoms with Crippen molar-refractivity contribution in [2.75, 3.05) is 20.1 Å².